The van der Waals surface area contributed by atoms with Crippen LogP contribution in [0.15, 0.2) is 72.8 Å². The fraction of sp³-hybridized carbons (Fsp3) is 0.250. The van der Waals surface area contributed by atoms with E-state index in [-0.39, 0.29) is 29.9 Å². The number of hydrogen-bond donors (Lipinski definition) is 0. The Hall–Kier alpha value is -4.14. The molecule has 2 heterocycles. The van der Waals surface area contributed by atoms with E-state index in [2.05, 4.69) is 19.8 Å². The molecule has 6 nitrogen and oxygen atoms in total. The first kappa shape index (κ1) is 24.5. The maximum atomic E-state index is 13.4. The molecule has 0 spiro atoms. The van der Waals surface area contributed by atoms with E-state index in [1.165, 1.54) is 24.3 Å². The summed E-state index contributed by atoms with van der Waals surface area (Å²) in [6.45, 7) is 0.779. The predicted octanol–water partition coefficient (Wildman–Crippen LogP) is 5.32. The van der Waals surface area contributed by atoms with Crippen molar-refractivity contribution in [2.75, 3.05) is 24.5 Å². The highest BCUT2D eigenvalue weighted by molar-refractivity contribution is 6.00. The molecule has 1 fully saturated rings. The van der Waals surface area contributed by atoms with Crippen LogP contribution in [0.3, 0.4) is 0 Å². The van der Waals surface area contributed by atoms with E-state index in [0.29, 0.717) is 25.3 Å². The van der Waals surface area contributed by atoms with Crippen LogP contribution in [-0.2, 0) is 11.2 Å². The molecule has 0 unspecified atom stereocenters. The van der Waals surface area contributed by atoms with Gasteiger partial charge in [0.2, 0.25) is 5.91 Å². The summed E-state index contributed by atoms with van der Waals surface area (Å²) in [5, 5.41) is 10.9. The third-order valence-corrected chi connectivity index (χ3v) is 6.54. The molecule has 3 aromatic carbocycles. The fourth-order valence-corrected chi connectivity index (χ4v) is 4.70. The number of hydrogen-bond acceptors (Lipinski definition) is 5. The molecule has 1 aromatic heterocycles. The van der Waals surface area contributed by atoms with Crippen molar-refractivity contribution < 1.29 is 22.7 Å². The number of halogens is 3. The molecule has 0 saturated carbocycles. The van der Waals surface area contributed by atoms with Crippen molar-refractivity contribution >= 4 is 22.5 Å². The van der Waals surface area contributed by atoms with E-state index in [1.807, 2.05) is 36.1 Å². The van der Waals surface area contributed by atoms with Crippen LogP contribution in [0.5, 0.6) is 5.75 Å². The Balaban J connectivity index is 1.31. The Morgan fingerprint density at radius 1 is 0.973 bits per heavy atom. The third kappa shape index (κ3) is 5.35. The molecule has 0 N–H and O–H groups in total. The molecule has 0 bridgehead atoms. The van der Waals surface area contributed by atoms with Gasteiger partial charge in [-0.3, -0.25) is 4.79 Å². The van der Waals surface area contributed by atoms with Crippen LogP contribution >= 0.6 is 0 Å². The molecule has 0 radical (unpaired) electrons. The van der Waals surface area contributed by atoms with Crippen molar-refractivity contribution in [2.45, 2.75) is 26.0 Å². The number of anilines is 1. The predicted molar refractivity (Wildman–Crippen MR) is 135 cm³/mol. The lowest BCUT2D eigenvalue weighted by molar-refractivity contribution is -0.131. The van der Waals surface area contributed by atoms with Crippen LogP contribution in [-0.4, -0.2) is 53.3 Å². The SMILES string of the molecule is C[C@H]1CN(C(=O)Cc2ccc(OC(F)F)cc2)CCN1c1nnc(-c2ccc(F)cc2)c2ccccc12. The molecular weight excluding hydrogens is 481 g/mol. The van der Waals surface area contributed by atoms with Crippen molar-refractivity contribution in [1.82, 2.24) is 15.1 Å². The second-order valence-electron chi connectivity index (χ2n) is 9.01. The largest absolute Gasteiger partial charge is 0.435 e. The highest BCUT2D eigenvalue weighted by Crippen LogP contribution is 2.33. The Morgan fingerprint density at radius 3 is 2.35 bits per heavy atom. The Kier molecular flexibility index (Phi) is 6.94. The van der Waals surface area contributed by atoms with Gasteiger partial charge in [0.25, 0.3) is 0 Å². The quantitative estimate of drug-likeness (QED) is 0.355. The van der Waals surface area contributed by atoms with Gasteiger partial charge in [-0.15, -0.1) is 10.2 Å². The van der Waals surface area contributed by atoms with Crippen LogP contribution < -0.4 is 9.64 Å². The monoisotopic (exact) mass is 506 g/mol. The molecule has 1 atom stereocenters. The maximum Gasteiger partial charge on any atom is 0.387 e. The molecular formula is C28H25F3N4O2. The van der Waals surface area contributed by atoms with Crippen LogP contribution in [0, 0.1) is 5.82 Å². The fourth-order valence-electron chi connectivity index (χ4n) is 4.70. The number of alkyl halides is 2. The number of rotatable bonds is 6. The molecule has 37 heavy (non-hydrogen) atoms. The normalized spacial score (nSPS) is 15.9. The Labute approximate surface area is 212 Å². The zero-order valence-corrected chi connectivity index (χ0v) is 20.2. The molecule has 1 saturated heterocycles. The second kappa shape index (κ2) is 10.5. The molecule has 190 valence electrons. The maximum absolute atomic E-state index is 13.4. The van der Waals surface area contributed by atoms with Gasteiger partial charge < -0.3 is 14.5 Å². The minimum atomic E-state index is -2.88. The first-order valence-corrected chi connectivity index (χ1v) is 12.0. The number of fused-ring (bicyclic) bond motifs is 1. The lowest BCUT2D eigenvalue weighted by Crippen LogP contribution is -2.54. The average Bonchev–Trinajstić information content (AvgIpc) is 2.89. The summed E-state index contributed by atoms with van der Waals surface area (Å²) < 4.78 is 42.5. The van der Waals surface area contributed by atoms with E-state index in [9.17, 15) is 18.0 Å². The van der Waals surface area contributed by atoms with Gasteiger partial charge in [-0.2, -0.15) is 8.78 Å². The van der Waals surface area contributed by atoms with E-state index in [0.717, 1.165) is 27.7 Å². The van der Waals surface area contributed by atoms with Crippen molar-refractivity contribution in [2.24, 2.45) is 0 Å². The number of piperazine rings is 1. The van der Waals surface area contributed by atoms with Gasteiger partial charge in [0.1, 0.15) is 17.3 Å². The van der Waals surface area contributed by atoms with E-state index in [1.54, 1.807) is 24.3 Å². The zero-order chi connectivity index (χ0) is 25.9. The van der Waals surface area contributed by atoms with Gasteiger partial charge in [0.15, 0.2) is 5.82 Å². The topological polar surface area (TPSA) is 58.6 Å². The molecule has 5 rings (SSSR count). The lowest BCUT2D eigenvalue weighted by Gasteiger charge is -2.40. The number of aromatic nitrogens is 2. The van der Waals surface area contributed by atoms with Gasteiger partial charge in [-0.1, -0.05) is 36.4 Å². The average molecular weight is 507 g/mol. The van der Waals surface area contributed by atoms with Crippen LogP contribution in [0.4, 0.5) is 19.0 Å². The van der Waals surface area contributed by atoms with E-state index in [4.69, 9.17) is 0 Å². The number of ether oxygens (including phenoxy) is 1. The van der Waals surface area contributed by atoms with Gasteiger partial charge in [-0.25, -0.2) is 4.39 Å². The summed E-state index contributed by atoms with van der Waals surface area (Å²) in [7, 11) is 0. The summed E-state index contributed by atoms with van der Waals surface area (Å²) in [4.78, 5) is 16.9. The summed E-state index contributed by atoms with van der Waals surface area (Å²) in [5.74, 6) is 0.469. The van der Waals surface area contributed by atoms with Crippen LogP contribution in [0.25, 0.3) is 22.0 Å². The minimum absolute atomic E-state index is 0.00565. The van der Waals surface area contributed by atoms with Crippen molar-refractivity contribution in [1.29, 1.82) is 0 Å². The van der Waals surface area contributed by atoms with Crippen LogP contribution in [0.1, 0.15) is 12.5 Å². The first-order chi connectivity index (χ1) is 17.9. The Bertz CT molecular complexity index is 1400. The molecule has 1 aliphatic heterocycles. The number of carbonyl (C=O) groups is 1. The Morgan fingerprint density at radius 2 is 1.68 bits per heavy atom. The van der Waals surface area contributed by atoms with Gasteiger partial charge >= 0.3 is 6.61 Å². The second-order valence-corrected chi connectivity index (χ2v) is 9.01. The molecule has 1 aliphatic rings. The van der Waals surface area contributed by atoms with Crippen LogP contribution in [0.2, 0.25) is 0 Å². The highest BCUT2D eigenvalue weighted by atomic mass is 19.3. The number of nitrogens with zero attached hydrogens (tertiary/aromatic N) is 4. The van der Waals surface area contributed by atoms with Gasteiger partial charge in [-0.05, 0) is 48.9 Å². The van der Waals surface area contributed by atoms with E-state index >= 15 is 0 Å². The van der Waals surface area contributed by atoms with Gasteiger partial charge in [0.05, 0.1) is 6.42 Å². The number of amides is 1. The molecule has 1 amide bonds. The summed E-state index contributed by atoms with van der Waals surface area (Å²) in [5.41, 5.74) is 2.20. The molecule has 4 aromatic rings. The zero-order valence-electron chi connectivity index (χ0n) is 20.2. The van der Waals surface area contributed by atoms with E-state index < -0.39 is 6.61 Å². The summed E-state index contributed by atoms with van der Waals surface area (Å²) >= 11 is 0. The smallest absolute Gasteiger partial charge is 0.387 e. The molecule has 0 aliphatic carbocycles. The van der Waals surface area contributed by atoms with Crippen molar-refractivity contribution in [3.8, 4) is 17.0 Å². The number of benzene rings is 3. The summed E-state index contributed by atoms with van der Waals surface area (Å²) in [6, 6.07) is 20.2. The third-order valence-electron chi connectivity index (χ3n) is 6.54. The first-order valence-electron chi connectivity index (χ1n) is 12.0. The standard InChI is InChI=1S/C28H25F3N4O2/c1-18-17-34(25(36)16-19-6-12-22(13-7-19)37-28(30)31)14-15-35(18)27-24-5-3-2-4-23(24)26(32-33-27)20-8-10-21(29)11-9-20/h2-13,18,28H,14-17H2,1H3/t18-/m0/s1. The lowest BCUT2D eigenvalue weighted by atomic mass is 10.0. The van der Waals surface area contributed by atoms with Crippen molar-refractivity contribution in [3.63, 3.8) is 0 Å². The van der Waals surface area contributed by atoms with Crippen molar-refractivity contribution in [3.05, 3.63) is 84.2 Å². The minimum Gasteiger partial charge on any atom is -0.435 e. The molecule has 9 heteroatoms. The van der Waals surface area contributed by atoms with Gasteiger partial charge in [0, 0.05) is 42.0 Å². The number of carbonyl (C=O) groups excluding carboxylic acids is 1. The highest BCUT2D eigenvalue weighted by Gasteiger charge is 2.29. The summed E-state index contributed by atoms with van der Waals surface area (Å²) in [6.07, 6.45) is 0.177.